The molecule has 5 heterocycles. The fraction of sp³-hybridized carbons (Fsp3) is 0. The molecule has 9 rings (SSSR count). The molecule has 0 unspecified atom stereocenters. The second-order valence-corrected chi connectivity index (χ2v) is 9.79. The van der Waals surface area contributed by atoms with E-state index in [4.69, 9.17) is 29.9 Å². The van der Waals surface area contributed by atoms with Gasteiger partial charge >= 0.3 is 48.9 Å². The Morgan fingerprint density at radius 3 is 0.829 bits per heavy atom. The van der Waals surface area contributed by atoms with Gasteiger partial charge in [0.05, 0.1) is 0 Å². The van der Waals surface area contributed by atoms with Crippen molar-refractivity contribution in [3.05, 3.63) is 97.1 Å². The molecule has 3 aromatic heterocycles. The molecule has 8 nitrogen and oxygen atoms in total. The zero-order valence-electron chi connectivity index (χ0n) is 20.9. The molecule has 2 N–H and O–H groups in total. The molecular formula is C32H20BaN8. The van der Waals surface area contributed by atoms with E-state index in [2.05, 4.69) is 9.97 Å². The first kappa shape index (κ1) is 24.6. The number of fused-ring (bicyclic) bond motifs is 20. The standard InChI is InChI=1S/C32H18N8.Ba.2H/c1-2-10-18-17(9-1)25-33-26(18)38-28-21-13-5-6-14-22(21)30(35-28)40-32-24-16-8-7-15-23(24)31(36-32)39-29-20-12-4-3-11-19(20)27(34-29)37-25;;;/h1-16H,(H2,33,34,35,36,37,38,39,40);;;. The normalized spacial score (nSPS) is 11.7. The van der Waals surface area contributed by atoms with Gasteiger partial charge in [-0.05, 0) is 0 Å². The van der Waals surface area contributed by atoms with Gasteiger partial charge in [-0.2, -0.15) is 0 Å². The molecular weight excluding hydrogens is 634 g/mol. The van der Waals surface area contributed by atoms with Gasteiger partial charge in [-0.25, -0.2) is 29.9 Å². The van der Waals surface area contributed by atoms with Gasteiger partial charge in [0.25, 0.3) is 0 Å². The maximum atomic E-state index is 5.02. The van der Waals surface area contributed by atoms with Gasteiger partial charge < -0.3 is 9.97 Å². The van der Waals surface area contributed by atoms with Crippen molar-refractivity contribution in [3.8, 4) is 45.6 Å². The molecule has 0 saturated carbocycles. The minimum absolute atomic E-state index is 0. The van der Waals surface area contributed by atoms with Gasteiger partial charge in [0, 0.05) is 43.8 Å². The Kier molecular flexibility index (Phi) is 5.66. The van der Waals surface area contributed by atoms with Crippen LogP contribution in [0, 0.1) is 0 Å². The van der Waals surface area contributed by atoms with Crippen LogP contribution >= 0.6 is 0 Å². The van der Waals surface area contributed by atoms with E-state index in [-0.39, 0.29) is 48.9 Å². The molecule has 0 aliphatic carbocycles. The van der Waals surface area contributed by atoms with E-state index in [1.807, 2.05) is 97.1 Å². The van der Waals surface area contributed by atoms with Crippen molar-refractivity contribution < 1.29 is 0 Å². The van der Waals surface area contributed by atoms with E-state index in [0.717, 1.165) is 43.8 Å². The van der Waals surface area contributed by atoms with E-state index >= 15 is 0 Å². The summed E-state index contributed by atoms with van der Waals surface area (Å²) in [5.41, 5.74) is 6.45. The monoisotopic (exact) mass is 654 g/mol. The zero-order chi connectivity index (χ0) is 26.2. The first-order valence-electron chi connectivity index (χ1n) is 13.0. The SMILES string of the molecule is [BaH2].c1ccc2c(c1)-c1nc-2nc2[nH]c(nc3nc(nc4[nH]c(n1)c1ccccc41)-c1ccccc1-3)c1ccccc21. The Bertz CT molecular complexity index is 2030. The van der Waals surface area contributed by atoms with Crippen LogP contribution in [-0.4, -0.2) is 88.8 Å². The summed E-state index contributed by atoms with van der Waals surface area (Å²) in [5, 5.41) is 3.82. The molecule has 190 valence electrons. The van der Waals surface area contributed by atoms with Crippen molar-refractivity contribution in [1.29, 1.82) is 0 Å². The van der Waals surface area contributed by atoms with Crippen LogP contribution in [0.3, 0.4) is 0 Å². The molecule has 0 saturated heterocycles. The van der Waals surface area contributed by atoms with Gasteiger partial charge in [-0.15, -0.1) is 0 Å². The maximum absolute atomic E-state index is 5.02. The second-order valence-electron chi connectivity index (χ2n) is 9.79. The Morgan fingerprint density at radius 1 is 0.317 bits per heavy atom. The number of nitrogens with zero attached hydrogens (tertiary/aromatic N) is 6. The molecule has 41 heavy (non-hydrogen) atoms. The van der Waals surface area contributed by atoms with Crippen molar-refractivity contribution in [2.45, 2.75) is 0 Å². The summed E-state index contributed by atoms with van der Waals surface area (Å²) < 4.78 is 0. The maximum Gasteiger partial charge on any atom is 0.164 e. The van der Waals surface area contributed by atoms with E-state index in [9.17, 15) is 0 Å². The quantitative estimate of drug-likeness (QED) is 0.196. The molecule has 0 amide bonds. The summed E-state index contributed by atoms with van der Waals surface area (Å²) in [6, 6.07) is 32.2. The smallest absolute Gasteiger partial charge is 0.164 e. The number of rotatable bonds is 0. The Balaban J connectivity index is 0.00000256. The first-order chi connectivity index (χ1) is 19.8. The van der Waals surface area contributed by atoms with Crippen LogP contribution < -0.4 is 0 Å². The minimum Gasteiger partial charge on any atom is -0.324 e. The van der Waals surface area contributed by atoms with Gasteiger partial charge in [-0.3, -0.25) is 0 Å². The first-order valence-corrected chi connectivity index (χ1v) is 13.0. The Hall–Kier alpha value is -4.19. The predicted molar refractivity (Wildman–Crippen MR) is 165 cm³/mol. The largest absolute Gasteiger partial charge is 0.324 e. The summed E-state index contributed by atoms with van der Waals surface area (Å²) in [6.45, 7) is 0. The number of nitrogens with one attached hydrogen (secondary N) is 2. The number of H-pyrrole nitrogens is 2. The van der Waals surface area contributed by atoms with Crippen LogP contribution in [0.15, 0.2) is 97.1 Å². The molecule has 0 fully saturated rings. The van der Waals surface area contributed by atoms with Crippen LogP contribution in [0.4, 0.5) is 0 Å². The Labute approximate surface area is 273 Å². The summed E-state index contributed by atoms with van der Waals surface area (Å²) >= 11 is 0. The fourth-order valence-electron chi connectivity index (χ4n) is 5.59. The average Bonchev–Trinajstić information content (AvgIpc) is 3.73. The van der Waals surface area contributed by atoms with Crippen molar-refractivity contribution in [1.82, 2.24) is 39.9 Å². The third-order valence-corrected chi connectivity index (χ3v) is 7.46. The minimum atomic E-state index is 0. The van der Waals surface area contributed by atoms with Gasteiger partial charge in [0.2, 0.25) is 0 Å². The number of aromatic amines is 2. The second kappa shape index (κ2) is 9.44. The molecule has 2 aliphatic rings. The van der Waals surface area contributed by atoms with Crippen LogP contribution in [0.25, 0.3) is 89.7 Å². The van der Waals surface area contributed by atoms with Gasteiger partial charge in [0.15, 0.2) is 23.3 Å². The van der Waals surface area contributed by atoms with Crippen LogP contribution in [0.5, 0.6) is 0 Å². The summed E-state index contributed by atoms with van der Waals surface area (Å²) in [5.74, 6) is 2.39. The molecule has 7 aromatic rings. The Morgan fingerprint density at radius 2 is 0.561 bits per heavy atom. The number of aromatic nitrogens is 8. The molecule has 8 bridgehead atoms. The van der Waals surface area contributed by atoms with E-state index in [1.165, 1.54) is 0 Å². The zero-order valence-corrected chi connectivity index (χ0v) is 20.9. The average molecular weight is 654 g/mol. The van der Waals surface area contributed by atoms with Crippen LogP contribution in [0.1, 0.15) is 0 Å². The molecule has 2 aliphatic heterocycles. The van der Waals surface area contributed by atoms with E-state index < -0.39 is 0 Å². The number of benzene rings is 4. The van der Waals surface area contributed by atoms with Gasteiger partial charge in [-0.1, -0.05) is 97.1 Å². The van der Waals surface area contributed by atoms with Crippen molar-refractivity contribution >= 4 is 93.0 Å². The summed E-state index contributed by atoms with van der Waals surface area (Å²) in [6.07, 6.45) is 0. The molecule has 4 aromatic carbocycles. The van der Waals surface area contributed by atoms with Crippen molar-refractivity contribution in [2.75, 3.05) is 0 Å². The number of hydrogen-bond acceptors (Lipinski definition) is 6. The van der Waals surface area contributed by atoms with Crippen molar-refractivity contribution in [3.63, 3.8) is 0 Å². The third kappa shape index (κ3) is 3.80. The predicted octanol–water partition coefficient (Wildman–Crippen LogP) is 5.95. The van der Waals surface area contributed by atoms with Crippen LogP contribution in [0.2, 0.25) is 0 Å². The summed E-state index contributed by atoms with van der Waals surface area (Å²) in [7, 11) is 0. The van der Waals surface area contributed by atoms with E-state index in [1.54, 1.807) is 0 Å². The van der Waals surface area contributed by atoms with Crippen molar-refractivity contribution in [2.24, 2.45) is 0 Å². The molecule has 9 heteroatoms. The van der Waals surface area contributed by atoms with E-state index in [0.29, 0.717) is 45.9 Å². The fourth-order valence-corrected chi connectivity index (χ4v) is 5.59. The molecule has 0 spiro atoms. The topological polar surface area (TPSA) is 109 Å². The number of hydrogen-bond donors (Lipinski definition) is 2. The third-order valence-electron chi connectivity index (χ3n) is 7.46. The molecule has 0 atom stereocenters. The van der Waals surface area contributed by atoms with Crippen LogP contribution in [-0.2, 0) is 0 Å². The summed E-state index contributed by atoms with van der Waals surface area (Å²) in [4.78, 5) is 36.8. The molecule has 0 radical (unpaired) electrons. The van der Waals surface area contributed by atoms with Gasteiger partial charge in [0.1, 0.15) is 22.6 Å².